The number of rotatable bonds is 12. The largest absolute Gasteiger partial charge is 1.00 e. The van der Waals surface area contributed by atoms with Gasteiger partial charge in [0.2, 0.25) is 0 Å². The average Bonchev–Trinajstić information content (AvgIpc) is 2.60. The van der Waals surface area contributed by atoms with E-state index in [9.17, 15) is 9.90 Å². The molecule has 3 nitrogen and oxygen atoms in total. The van der Waals surface area contributed by atoms with Gasteiger partial charge in [-0.3, -0.25) is 0 Å². The molecule has 0 saturated heterocycles. The fourth-order valence-corrected chi connectivity index (χ4v) is 6.41. The first-order valence-electron chi connectivity index (χ1n) is 10.8. The zero-order chi connectivity index (χ0) is 21.3. The van der Waals surface area contributed by atoms with Crippen molar-refractivity contribution in [1.29, 1.82) is 0 Å². The number of hydrogen-bond donors (Lipinski definition) is 1. The summed E-state index contributed by atoms with van der Waals surface area (Å²) < 4.78 is 5.52. The first-order chi connectivity index (χ1) is 13.2. The van der Waals surface area contributed by atoms with Gasteiger partial charge in [0.25, 0.3) is 0 Å². The molecule has 0 saturated carbocycles. The second kappa shape index (κ2) is 15.6. The maximum atomic E-state index is 11.8. The summed E-state index contributed by atoms with van der Waals surface area (Å²) in [5.74, 6) is 2.22. The van der Waals surface area contributed by atoms with Gasteiger partial charge in [-0.05, 0) is 0 Å². The normalized spacial score (nSPS) is 11.1. The summed E-state index contributed by atoms with van der Waals surface area (Å²) in [6, 6.07) is 4.00. The maximum absolute atomic E-state index is 11.8. The fraction of sp³-hybridized carbons (Fsp3) is 0.583. The number of unbranched alkanes of at least 4 members (excludes halogenated alkanes) is 3. The topological polar surface area (TPSA) is 50.4 Å². The van der Waals surface area contributed by atoms with E-state index >= 15 is 0 Å². The van der Waals surface area contributed by atoms with Gasteiger partial charge in [0.15, 0.2) is 0 Å². The molecule has 1 N–H and O–H groups in total. The van der Waals surface area contributed by atoms with Gasteiger partial charge in [-0.25, -0.2) is 0 Å². The summed E-state index contributed by atoms with van der Waals surface area (Å²) in [4.78, 5) is 11.8. The van der Waals surface area contributed by atoms with Crippen LogP contribution in [0.15, 0.2) is 21.5 Å². The van der Waals surface area contributed by atoms with E-state index in [0.29, 0.717) is 37.7 Å². The van der Waals surface area contributed by atoms with Crippen LogP contribution in [0.5, 0.6) is 5.75 Å². The Kier molecular flexibility index (Phi) is 16.1. The van der Waals surface area contributed by atoms with Crippen molar-refractivity contribution in [2.75, 3.05) is 5.75 Å². The molecule has 1 heterocycles. The van der Waals surface area contributed by atoms with Crippen LogP contribution in [-0.2, 0) is 5.75 Å². The molecule has 1 atom stereocenters. The second-order valence-corrected chi connectivity index (χ2v) is 10.8. The summed E-state index contributed by atoms with van der Waals surface area (Å²) in [6.07, 6.45) is 8.67. The molecule has 0 aromatic carbocycles. The van der Waals surface area contributed by atoms with Crippen LogP contribution >= 0.6 is 10.3 Å². The first-order valence-corrected chi connectivity index (χ1v) is 12.4. The molecule has 0 fully saturated rings. The van der Waals surface area contributed by atoms with Crippen LogP contribution < -0.4 is 35.0 Å². The minimum Gasteiger partial charge on any atom is 1.00 e. The van der Waals surface area contributed by atoms with Gasteiger partial charge in [-0.15, -0.1) is 0 Å². The van der Waals surface area contributed by atoms with E-state index in [-0.39, 0.29) is 51.1 Å². The van der Waals surface area contributed by atoms with Crippen molar-refractivity contribution < 1.29 is 39.1 Å². The zero-order valence-electron chi connectivity index (χ0n) is 19.7. The smallest absolute Gasteiger partial charge is 1.00 e. The van der Waals surface area contributed by atoms with Crippen molar-refractivity contribution in [3.63, 3.8) is 0 Å². The third-order valence-corrected chi connectivity index (χ3v) is 7.61. The molecule has 2 radical (unpaired) electrons. The molecular weight excluding hydrogens is 367 g/mol. The monoisotopic (exact) mass is 396 g/mol. The first kappa shape index (κ1) is 29.9. The van der Waals surface area contributed by atoms with Crippen LogP contribution in [0.25, 0.3) is 0 Å². The Hall–Kier alpha value is 0.879. The van der Waals surface area contributed by atoms with E-state index in [2.05, 4.69) is 59.4 Å². The predicted molar refractivity (Wildman–Crippen MR) is 151 cm³/mol. The summed E-state index contributed by atoms with van der Waals surface area (Å²) in [6.45, 7) is 2.23. The molecule has 17 heteroatoms. The van der Waals surface area contributed by atoms with Crippen LogP contribution in [0.2, 0.25) is 0 Å². The van der Waals surface area contributed by atoms with Gasteiger partial charge >= 0.3 is 212 Å². The van der Waals surface area contributed by atoms with Crippen LogP contribution in [0.1, 0.15) is 38.4 Å². The van der Waals surface area contributed by atoms with Crippen LogP contribution in [-0.4, -0.2) is 95.3 Å². The van der Waals surface area contributed by atoms with Crippen molar-refractivity contribution in [1.82, 2.24) is 0 Å². The van der Waals surface area contributed by atoms with E-state index in [1.165, 1.54) is 38.0 Å². The Balaban J connectivity index is 0.00000784. The standard InChI is InChI=1S/C12H29B12O3S.Na/c1-2-3-4-5-6-28(9-10-7-11(25)12(26)8-27-10)19-23(20(13)14)24(21(15)16)22(17)18;/h7-8,15,26H,2-6,9,13-14,16-18H2,1H3;/q-1;+1/i13-1,14-1,15-1,16-1,17-1,18-1,19-1,20-1,21-1,22-1,23-1,24-1;. The summed E-state index contributed by atoms with van der Waals surface area (Å²) in [5.41, 5.74) is -0.359. The molecule has 138 valence electrons. The van der Waals surface area contributed by atoms with Crippen molar-refractivity contribution >= 4 is 94.7 Å². The summed E-state index contributed by atoms with van der Waals surface area (Å²) in [5, 5.41) is 9.47. The Morgan fingerprint density at radius 2 is 1.83 bits per heavy atom. The van der Waals surface area contributed by atoms with Gasteiger partial charge in [-0.2, -0.15) is 0 Å². The molecule has 1 aromatic heterocycles. The van der Waals surface area contributed by atoms with Gasteiger partial charge in [0, 0.05) is 0 Å². The SMILES string of the molecule is [10BH-][10B]([10BH2])[10B]([10B]([10BH2])[10BH2])[10B]([10B]=S(CCCCCC)Cc1cc(=O)c(O)co1)[10B]([10BH2])[10BH2].[Na+]. The average molecular weight is 397 g/mol. The molecular formula is C12H29B12NaO3S. The van der Waals surface area contributed by atoms with Crippen molar-refractivity contribution in [3.8, 4) is 5.75 Å². The van der Waals surface area contributed by atoms with E-state index in [1.54, 1.807) is 0 Å². The molecule has 29 heavy (non-hydrogen) atoms. The number of aromatic hydroxyl groups is 1. The molecule has 0 aliphatic carbocycles. The van der Waals surface area contributed by atoms with Gasteiger partial charge in [0.1, 0.15) is 0 Å². The third kappa shape index (κ3) is 10.8. The van der Waals surface area contributed by atoms with Crippen molar-refractivity contribution in [3.05, 3.63) is 28.3 Å². The summed E-state index contributed by atoms with van der Waals surface area (Å²) in [7, 11) is 15.8. The van der Waals surface area contributed by atoms with Gasteiger partial charge in [-0.1, -0.05) is 0 Å². The second-order valence-electron chi connectivity index (χ2n) is 8.80. The molecule has 1 rings (SSSR count). The van der Waals surface area contributed by atoms with E-state index in [1.807, 2.05) is 0 Å². The Bertz CT molecular complexity index is 680. The maximum Gasteiger partial charge on any atom is 1.00 e. The molecule has 0 aliphatic heterocycles. The summed E-state index contributed by atoms with van der Waals surface area (Å²) >= 11 is 0. The van der Waals surface area contributed by atoms with E-state index in [4.69, 9.17) is 4.42 Å². The quantitative estimate of drug-likeness (QED) is 0.282. The number of hydrogen-bond acceptors (Lipinski definition) is 3. The Morgan fingerprint density at radius 3 is 2.31 bits per heavy atom. The molecule has 0 aliphatic rings. The Labute approximate surface area is 210 Å². The molecule has 1 unspecified atom stereocenters. The van der Waals surface area contributed by atoms with Crippen molar-refractivity contribution in [2.24, 2.45) is 0 Å². The van der Waals surface area contributed by atoms with Crippen LogP contribution in [0.4, 0.5) is 0 Å². The molecule has 0 spiro atoms. The van der Waals surface area contributed by atoms with E-state index in [0.717, 1.165) is 11.5 Å². The molecule has 1 aromatic rings. The van der Waals surface area contributed by atoms with Crippen molar-refractivity contribution in [2.45, 2.75) is 38.4 Å². The molecule has 0 amide bonds. The zero-order valence-corrected chi connectivity index (χ0v) is 22.6. The van der Waals surface area contributed by atoms with Gasteiger partial charge < -0.3 is 0 Å². The predicted octanol–water partition coefficient (Wildman–Crippen LogP) is -7.35. The minimum atomic E-state index is -0.359. The molecule has 0 bridgehead atoms. The van der Waals surface area contributed by atoms with Crippen LogP contribution in [0.3, 0.4) is 0 Å². The fourth-order valence-electron chi connectivity index (χ4n) is 4.00. The Morgan fingerprint density at radius 1 is 1.17 bits per heavy atom. The third-order valence-electron chi connectivity index (χ3n) is 5.44. The van der Waals surface area contributed by atoms with Gasteiger partial charge in [0.05, 0.1) is 0 Å². The van der Waals surface area contributed by atoms with E-state index < -0.39 is 0 Å². The minimum absolute atomic E-state index is 0. The van der Waals surface area contributed by atoms with Crippen LogP contribution in [0, 0.1) is 0 Å².